The monoisotopic (exact) mass is 571 g/mol. The highest BCUT2D eigenvalue weighted by molar-refractivity contribution is 7.90. The van der Waals surface area contributed by atoms with Gasteiger partial charge >= 0.3 is 0 Å². The van der Waals surface area contributed by atoms with Crippen molar-refractivity contribution in [2.75, 3.05) is 30.1 Å². The van der Waals surface area contributed by atoms with Crippen molar-refractivity contribution in [3.05, 3.63) is 42.4 Å². The summed E-state index contributed by atoms with van der Waals surface area (Å²) in [6.45, 7) is 1.34. The molecule has 11 nitrogen and oxygen atoms in total. The second-order valence-corrected chi connectivity index (χ2v) is 12.1. The molecule has 2 aliphatic rings. The summed E-state index contributed by atoms with van der Waals surface area (Å²) >= 11 is 0. The number of halogens is 2. The standard InChI is InChI=1S/C26H27F2N7O4S/c1-40(37,38)20-12-15(17-6-9-35(34-17)16-7-10-39-11-8-16)4-5-18(20)29-19-13-21(31-26(36)14-2-3-14)30-24-22(19)32-25(33-24)23(27)28/h4-6,9,12-14,16,23H,2-3,7-8,10-11H2,1H3,(H3,29,30,31,32,33,36). The maximum absolute atomic E-state index is 13.4. The quantitative estimate of drug-likeness (QED) is 0.278. The number of aromatic amines is 1. The number of anilines is 3. The lowest BCUT2D eigenvalue weighted by Crippen LogP contribution is -2.19. The molecule has 6 rings (SSSR count). The van der Waals surface area contributed by atoms with Crippen LogP contribution in [-0.4, -0.2) is 58.5 Å². The number of carbonyl (C=O) groups excluding carboxylic acids is 1. The molecule has 0 bridgehead atoms. The lowest BCUT2D eigenvalue weighted by molar-refractivity contribution is -0.117. The zero-order chi connectivity index (χ0) is 28.0. The fourth-order valence-electron chi connectivity index (χ4n) is 4.73. The normalized spacial score (nSPS) is 16.5. The van der Waals surface area contributed by atoms with Crippen molar-refractivity contribution < 1.29 is 26.7 Å². The summed E-state index contributed by atoms with van der Waals surface area (Å²) in [4.78, 5) is 23.0. The van der Waals surface area contributed by atoms with E-state index in [0.29, 0.717) is 24.5 Å². The van der Waals surface area contributed by atoms with Gasteiger partial charge in [-0.25, -0.2) is 27.2 Å². The third-order valence-electron chi connectivity index (χ3n) is 7.00. The molecule has 40 heavy (non-hydrogen) atoms. The van der Waals surface area contributed by atoms with E-state index in [0.717, 1.165) is 31.9 Å². The highest BCUT2D eigenvalue weighted by Gasteiger charge is 2.30. The Balaban J connectivity index is 1.37. The molecule has 0 unspecified atom stereocenters. The number of nitrogens with one attached hydrogen (secondary N) is 3. The number of H-pyrrole nitrogens is 1. The van der Waals surface area contributed by atoms with Crippen LogP contribution in [0.25, 0.3) is 22.4 Å². The predicted octanol–water partition coefficient (Wildman–Crippen LogP) is 4.61. The Morgan fingerprint density at radius 2 is 1.88 bits per heavy atom. The van der Waals surface area contributed by atoms with Crippen LogP contribution >= 0.6 is 0 Å². The van der Waals surface area contributed by atoms with E-state index in [4.69, 9.17) is 4.74 Å². The van der Waals surface area contributed by atoms with E-state index in [9.17, 15) is 22.0 Å². The van der Waals surface area contributed by atoms with Crippen molar-refractivity contribution in [2.24, 2.45) is 5.92 Å². The van der Waals surface area contributed by atoms with Gasteiger partial charge in [-0.15, -0.1) is 0 Å². The molecule has 210 valence electrons. The smallest absolute Gasteiger partial charge is 0.295 e. The number of ether oxygens (including phenoxy) is 1. The number of amides is 1. The number of sulfone groups is 1. The van der Waals surface area contributed by atoms with E-state index in [1.807, 2.05) is 16.9 Å². The molecule has 2 fully saturated rings. The number of hydrogen-bond acceptors (Lipinski definition) is 8. The van der Waals surface area contributed by atoms with Crippen LogP contribution in [0.4, 0.5) is 26.0 Å². The van der Waals surface area contributed by atoms with E-state index in [1.165, 1.54) is 12.1 Å². The number of benzene rings is 1. The Kier molecular flexibility index (Phi) is 6.74. The Morgan fingerprint density at radius 3 is 2.58 bits per heavy atom. The topological polar surface area (TPSA) is 144 Å². The Hall–Kier alpha value is -3.91. The summed E-state index contributed by atoms with van der Waals surface area (Å²) in [5.74, 6) is -0.776. The zero-order valence-corrected chi connectivity index (χ0v) is 22.3. The van der Waals surface area contributed by atoms with Crippen LogP contribution in [0.1, 0.15) is 44.0 Å². The molecule has 3 N–H and O–H groups in total. The summed E-state index contributed by atoms with van der Waals surface area (Å²) in [5, 5.41) is 10.4. The van der Waals surface area contributed by atoms with Crippen molar-refractivity contribution in [3.8, 4) is 11.3 Å². The average molecular weight is 572 g/mol. The second kappa shape index (κ2) is 10.2. The number of nitrogens with zero attached hydrogens (tertiary/aromatic N) is 4. The first-order valence-electron chi connectivity index (χ1n) is 12.9. The highest BCUT2D eigenvalue weighted by Crippen LogP contribution is 2.35. The van der Waals surface area contributed by atoms with Crippen LogP contribution in [0, 0.1) is 5.92 Å². The summed E-state index contributed by atoms with van der Waals surface area (Å²) in [6.07, 6.45) is 3.33. The molecule has 0 spiro atoms. The number of rotatable bonds is 8. The largest absolute Gasteiger partial charge is 0.381 e. The van der Waals surface area contributed by atoms with Crippen LogP contribution in [0.2, 0.25) is 0 Å². The molecule has 1 saturated carbocycles. The van der Waals surface area contributed by atoms with Crippen molar-refractivity contribution in [1.29, 1.82) is 0 Å². The number of fused-ring (bicyclic) bond motifs is 1. The van der Waals surface area contributed by atoms with Gasteiger partial charge in [0.2, 0.25) is 5.91 Å². The van der Waals surface area contributed by atoms with E-state index >= 15 is 0 Å². The molecule has 3 aromatic heterocycles. The van der Waals surface area contributed by atoms with Crippen molar-refractivity contribution >= 4 is 44.1 Å². The predicted molar refractivity (Wildman–Crippen MR) is 143 cm³/mol. The number of alkyl halides is 2. The SMILES string of the molecule is CS(=O)(=O)c1cc(-c2ccn(C3CCOCC3)n2)ccc1Nc1cc(NC(=O)C2CC2)nc2[nH]c(C(F)F)nc12. The highest BCUT2D eigenvalue weighted by atomic mass is 32.2. The molecule has 4 aromatic rings. The summed E-state index contributed by atoms with van der Waals surface area (Å²) in [7, 11) is -3.74. The van der Waals surface area contributed by atoms with Gasteiger partial charge in [0.25, 0.3) is 6.43 Å². The number of carbonyl (C=O) groups is 1. The third-order valence-corrected chi connectivity index (χ3v) is 8.13. The molecule has 1 saturated heterocycles. The van der Waals surface area contributed by atoms with Gasteiger partial charge < -0.3 is 20.4 Å². The van der Waals surface area contributed by atoms with Crippen LogP contribution < -0.4 is 10.6 Å². The number of pyridine rings is 1. The van der Waals surface area contributed by atoms with Gasteiger partial charge in [0.1, 0.15) is 11.3 Å². The fraction of sp³-hybridized carbons (Fsp3) is 0.385. The van der Waals surface area contributed by atoms with E-state index in [-0.39, 0.29) is 51.1 Å². The van der Waals surface area contributed by atoms with Crippen molar-refractivity contribution in [2.45, 2.75) is 43.0 Å². The van der Waals surface area contributed by atoms with E-state index in [1.54, 1.807) is 12.1 Å². The molecule has 1 amide bonds. The molecule has 14 heteroatoms. The molecular formula is C26H27F2N7O4S. The first-order valence-corrected chi connectivity index (χ1v) is 14.8. The number of imidazole rings is 1. The molecule has 4 heterocycles. The molecule has 0 atom stereocenters. The Bertz CT molecular complexity index is 1690. The average Bonchev–Trinajstić information content (AvgIpc) is 3.49. The Labute approximate surface area is 228 Å². The maximum atomic E-state index is 13.4. The third kappa shape index (κ3) is 5.41. The van der Waals surface area contributed by atoms with E-state index < -0.39 is 22.1 Å². The van der Waals surface area contributed by atoms with Gasteiger partial charge in [-0.2, -0.15) is 5.10 Å². The molecular weight excluding hydrogens is 544 g/mol. The minimum Gasteiger partial charge on any atom is -0.381 e. The maximum Gasteiger partial charge on any atom is 0.295 e. The first-order chi connectivity index (χ1) is 19.2. The fourth-order valence-corrected chi connectivity index (χ4v) is 5.59. The minimum absolute atomic E-state index is 0.0104. The van der Waals surface area contributed by atoms with Crippen molar-refractivity contribution in [1.82, 2.24) is 24.7 Å². The van der Waals surface area contributed by atoms with Crippen LogP contribution in [0.5, 0.6) is 0 Å². The molecule has 1 aliphatic heterocycles. The Morgan fingerprint density at radius 1 is 1.10 bits per heavy atom. The first kappa shape index (κ1) is 26.3. The van der Waals surface area contributed by atoms with Gasteiger partial charge in [0.15, 0.2) is 21.3 Å². The molecule has 1 aromatic carbocycles. The second-order valence-electron chi connectivity index (χ2n) is 10.1. The van der Waals surface area contributed by atoms with Crippen LogP contribution in [0.15, 0.2) is 41.4 Å². The molecule has 0 radical (unpaired) electrons. The van der Waals surface area contributed by atoms with Gasteiger partial charge in [-0.3, -0.25) is 9.48 Å². The zero-order valence-electron chi connectivity index (χ0n) is 21.5. The lowest BCUT2D eigenvalue weighted by atomic mass is 10.1. The summed E-state index contributed by atoms with van der Waals surface area (Å²) in [6, 6.07) is 8.35. The minimum atomic E-state index is -3.74. The lowest BCUT2D eigenvalue weighted by Gasteiger charge is -2.22. The number of aromatic nitrogens is 5. The van der Waals surface area contributed by atoms with Gasteiger partial charge in [0, 0.05) is 43.2 Å². The van der Waals surface area contributed by atoms with Gasteiger partial charge in [-0.05, 0) is 43.9 Å². The summed E-state index contributed by atoms with van der Waals surface area (Å²) < 4.78 is 59.9. The van der Waals surface area contributed by atoms with Gasteiger partial charge in [0.05, 0.1) is 28.0 Å². The number of hydrogen-bond donors (Lipinski definition) is 3. The van der Waals surface area contributed by atoms with Crippen molar-refractivity contribution in [3.63, 3.8) is 0 Å². The van der Waals surface area contributed by atoms with E-state index in [2.05, 4.69) is 30.7 Å². The molecule has 1 aliphatic carbocycles. The summed E-state index contributed by atoms with van der Waals surface area (Å²) in [5.41, 5.74) is 1.76. The van der Waals surface area contributed by atoms with Gasteiger partial charge in [-0.1, -0.05) is 6.07 Å². The van der Waals surface area contributed by atoms with Crippen LogP contribution in [-0.2, 0) is 19.4 Å². The van der Waals surface area contributed by atoms with Crippen LogP contribution in [0.3, 0.4) is 0 Å².